The summed E-state index contributed by atoms with van der Waals surface area (Å²) in [6.45, 7) is 1.77. The van der Waals surface area contributed by atoms with Crippen molar-refractivity contribution in [1.29, 1.82) is 0 Å². The van der Waals surface area contributed by atoms with Crippen molar-refractivity contribution in [2.45, 2.75) is 0 Å². The predicted molar refractivity (Wildman–Crippen MR) is 60.6 cm³/mol. The molecule has 3 N–H and O–H groups in total. The van der Waals surface area contributed by atoms with Crippen LogP contribution in [0.15, 0.2) is 29.3 Å². The quantitative estimate of drug-likeness (QED) is 0.727. The van der Waals surface area contributed by atoms with Crippen molar-refractivity contribution < 1.29 is 0 Å². The highest BCUT2D eigenvalue weighted by Crippen LogP contribution is 2.11. The van der Waals surface area contributed by atoms with Crippen LogP contribution in [0, 0.1) is 0 Å². The number of para-hydroxylation sites is 1. The van der Waals surface area contributed by atoms with Gasteiger partial charge in [-0.15, -0.1) is 17.0 Å². The molecule has 13 heavy (non-hydrogen) atoms. The zero-order valence-corrected chi connectivity index (χ0v) is 8.87. The van der Waals surface area contributed by atoms with E-state index in [1.54, 1.807) is 0 Å². The maximum atomic E-state index is 5.78. The lowest BCUT2D eigenvalue weighted by atomic mass is 10.1. The highest BCUT2D eigenvalue weighted by atomic mass is 79.9. The second kappa shape index (κ2) is 4.28. The van der Waals surface area contributed by atoms with Crippen LogP contribution in [0.5, 0.6) is 0 Å². The van der Waals surface area contributed by atoms with Crippen LogP contribution in [0.25, 0.3) is 0 Å². The zero-order chi connectivity index (χ0) is 8.39. The fraction of sp³-hybridized carbons (Fsp3) is 0.222. The summed E-state index contributed by atoms with van der Waals surface area (Å²) < 4.78 is 0. The van der Waals surface area contributed by atoms with Crippen LogP contribution < -0.4 is 11.1 Å². The number of hydrogen-bond donors (Lipinski definition) is 2. The molecule has 0 atom stereocenters. The van der Waals surface area contributed by atoms with Crippen LogP contribution in [0.4, 0.5) is 5.69 Å². The normalized spacial score (nSPS) is 14.3. The van der Waals surface area contributed by atoms with Gasteiger partial charge in [0.1, 0.15) is 5.84 Å². The van der Waals surface area contributed by atoms with E-state index in [2.05, 4.69) is 10.3 Å². The fourth-order valence-electron chi connectivity index (χ4n) is 1.29. The molecule has 0 aromatic heterocycles. The van der Waals surface area contributed by atoms with Crippen LogP contribution in [0.3, 0.4) is 0 Å². The van der Waals surface area contributed by atoms with Gasteiger partial charge in [0.05, 0.1) is 6.54 Å². The lowest BCUT2D eigenvalue weighted by molar-refractivity contribution is 0.960. The van der Waals surface area contributed by atoms with Crippen molar-refractivity contribution >= 4 is 28.5 Å². The molecule has 1 aromatic rings. The van der Waals surface area contributed by atoms with Crippen LogP contribution in [-0.2, 0) is 0 Å². The largest absolute Gasteiger partial charge is 0.398 e. The Morgan fingerprint density at radius 2 is 2.08 bits per heavy atom. The molecule has 0 amide bonds. The minimum atomic E-state index is 0. The molecule has 3 nitrogen and oxygen atoms in total. The van der Waals surface area contributed by atoms with E-state index in [0.29, 0.717) is 0 Å². The Morgan fingerprint density at radius 3 is 2.69 bits per heavy atom. The minimum Gasteiger partial charge on any atom is -0.398 e. The Balaban J connectivity index is 0.000000845. The lowest BCUT2D eigenvalue weighted by Gasteiger charge is -2.04. The van der Waals surface area contributed by atoms with E-state index >= 15 is 0 Å². The predicted octanol–water partition coefficient (Wildman–Crippen LogP) is 1.20. The number of rotatable bonds is 1. The van der Waals surface area contributed by atoms with E-state index in [4.69, 9.17) is 5.73 Å². The Labute approximate surface area is 87.8 Å². The highest BCUT2D eigenvalue weighted by Gasteiger charge is 2.09. The number of halogens is 1. The molecule has 0 aliphatic carbocycles. The summed E-state index contributed by atoms with van der Waals surface area (Å²) >= 11 is 0. The molecule has 70 valence electrons. The number of benzene rings is 1. The number of hydrogen-bond acceptors (Lipinski definition) is 3. The van der Waals surface area contributed by atoms with E-state index < -0.39 is 0 Å². The summed E-state index contributed by atoms with van der Waals surface area (Å²) in [4.78, 5) is 4.29. The van der Waals surface area contributed by atoms with E-state index in [9.17, 15) is 0 Å². The molecule has 0 saturated carbocycles. The standard InChI is InChI=1S/C9H11N3.BrH/c10-8-4-2-1-3-7(8)9-11-5-6-12-9;/h1-4H,5-6,10H2,(H,11,12);1H. The molecular weight excluding hydrogens is 230 g/mol. The zero-order valence-electron chi connectivity index (χ0n) is 7.16. The average molecular weight is 242 g/mol. The molecule has 0 radical (unpaired) electrons. The maximum absolute atomic E-state index is 5.78. The van der Waals surface area contributed by atoms with Crippen molar-refractivity contribution in [3.8, 4) is 0 Å². The summed E-state index contributed by atoms with van der Waals surface area (Å²) in [5.74, 6) is 0.924. The van der Waals surface area contributed by atoms with Crippen molar-refractivity contribution in [3.63, 3.8) is 0 Å². The summed E-state index contributed by atoms with van der Waals surface area (Å²) in [7, 11) is 0. The van der Waals surface area contributed by atoms with Crippen molar-refractivity contribution in [2.75, 3.05) is 18.8 Å². The smallest absolute Gasteiger partial charge is 0.130 e. The van der Waals surface area contributed by atoms with E-state index in [-0.39, 0.29) is 17.0 Å². The van der Waals surface area contributed by atoms with Gasteiger partial charge in [0, 0.05) is 17.8 Å². The van der Waals surface area contributed by atoms with Gasteiger partial charge in [-0.1, -0.05) is 12.1 Å². The average Bonchev–Trinajstić information content (AvgIpc) is 2.57. The molecule has 0 fully saturated rings. The number of nitrogen functional groups attached to an aromatic ring is 1. The molecule has 1 aliphatic rings. The van der Waals surface area contributed by atoms with Crippen molar-refractivity contribution in [1.82, 2.24) is 5.32 Å². The first-order chi connectivity index (χ1) is 5.88. The molecule has 0 unspecified atom stereocenters. The van der Waals surface area contributed by atoms with Gasteiger partial charge in [-0.2, -0.15) is 0 Å². The van der Waals surface area contributed by atoms with Gasteiger partial charge >= 0.3 is 0 Å². The van der Waals surface area contributed by atoms with Gasteiger partial charge in [-0.05, 0) is 12.1 Å². The van der Waals surface area contributed by atoms with Gasteiger partial charge in [-0.3, -0.25) is 4.99 Å². The van der Waals surface area contributed by atoms with Crippen LogP contribution in [0.2, 0.25) is 0 Å². The van der Waals surface area contributed by atoms with Gasteiger partial charge < -0.3 is 11.1 Å². The van der Waals surface area contributed by atoms with Gasteiger partial charge in [0.15, 0.2) is 0 Å². The first-order valence-corrected chi connectivity index (χ1v) is 4.01. The molecule has 1 aromatic carbocycles. The van der Waals surface area contributed by atoms with Crippen LogP contribution in [0.1, 0.15) is 5.56 Å². The fourth-order valence-corrected chi connectivity index (χ4v) is 1.29. The number of amidine groups is 1. The van der Waals surface area contributed by atoms with Gasteiger partial charge in [0.25, 0.3) is 0 Å². The highest BCUT2D eigenvalue weighted by molar-refractivity contribution is 8.93. The lowest BCUT2D eigenvalue weighted by Crippen LogP contribution is -2.20. The molecule has 0 bridgehead atoms. The molecular formula is C9H12BrN3. The molecule has 2 rings (SSSR count). The first-order valence-electron chi connectivity index (χ1n) is 4.01. The topological polar surface area (TPSA) is 50.4 Å². The van der Waals surface area contributed by atoms with Crippen LogP contribution in [-0.4, -0.2) is 18.9 Å². The third-order valence-electron chi connectivity index (χ3n) is 1.89. The Bertz CT molecular complexity index is 322. The van der Waals surface area contributed by atoms with E-state index in [0.717, 1.165) is 30.2 Å². The molecule has 1 aliphatic heterocycles. The molecule has 4 heteroatoms. The van der Waals surface area contributed by atoms with Gasteiger partial charge in [0.2, 0.25) is 0 Å². The van der Waals surface area contributed by atoms with Gasteiger partial charge in [-0.25, -0.2) is 0 Å². The van der Waals surface area contributed by atoms with E-state index in [1.165, 1.54) is 0 Å². The summed E-state index contributed by atoms with van der Waals surface area (Å²) in [5, 5.41) is 3.18. The van der Waals surface area contributed by atoms with Crippen LogP contribution >= 0.6 is 17.0 Å². The Hall–Kier alpha value is -1.03. The number of aliphatic imine (C=N–C) groups is 1. The third kappa shape index (κ3) is 2.01. The van der Waals surface area contributed by atoms with Crippen molar-refractivity contribution in [3.05, 3.63) is 29.8 Å². The Kier molecular flexibility index (Phi) is 3.31. The number of nitrogens with two attached hydrogens (primary N) is 1. The minimum absolute atomic E-state index is 0. The second-order valence-corrected chi connectivity index (χ2v) is 2.74. The molecule has 0 saturated heterocycles. The summed E-state index contributed by atoms with van der Waals surface area (Å²) in [6.07, 6.45) is 0. The monoisotopic (exact) mass is 241 g/mol. The summed E-state index contributed by atoms with van der Waals surface area (Å²) in [5.41, 5.74) is 7.57. The number of nitrogens with one attached hydrogen (secondary N) is 1. The maximum Gasteiger partial charge on any atom is 0.130 e. The SMILES string of the molecule is Br.Nc1ccccc1C1=NCCN1. The summed E-state index contributed by atoms with van der Waals surface area (Å²) in [6, 6.07) is 7.76. The first kappa shape index (κ1) is 10.1. The van der Waals surface area contributed by atoms with E-state index in [1.807, 2.05) is 24.3 Å². The number of anilines is 1. The number of nitrogens with zero attached hydrogens (tertiary/aromatic N) is 1. The molecule has 1 heterocycles. The molecule has 0 spiro atoms. The Morgan fingerprint density at radius 1 is 1.31 bits per heavy atom. The third-order valence-corrected chi connectivity index (χ3v) is 1.89. The second-order valence-electron chi connectivity index (χ2n) is 2.74. The van der Waals surface area contributed by atoms with Crippen molar-refractivity contribution in [2.24, 2.45) is 4.99 Å².